The summed E-state index contributed by atoms with van der Waals surface area (Å²) < 4.78 is 5.42. The van der Waals surface area contributed by atoms with Crippen LogP contribution in [0.3, 0.4) is 0 Å². The molecule has 1 N–H and O–H groups in total. The largest absolute Gasteiger partial charge is 0.496 e. The Hall–Kier alpha value is -1.71. The van der Waals surface area contributed by atoms with Gasteiger partial charge < -0.3 is 15.0 Å². The van der Waals surface area contributed by atoms with E-state index < -0.39 is 0 Å². The molecule has 3 nitrogen and oxygen atoms in total. The minimum atomic E-state index is 0.741. The number of methoxy groups -OCH3 is 1. The number of benzene rings is 2. The predicted octanol–water partition coefficient (Wildman–Crippen LogP) is 3.70. The van der Waals surface area contributed by atoms with E-state index >= 15 is 0 Å². The molecule has 0 radical (unpaired) electrons. The van der Waals surface area contributed by atoms with E-state index in [9.17, 15) is 0 Å². The molecule has 0 atom stereocenters. The molecule has 0 heterocycles. The second-order valence-corrected chi connectivity index (χ2v) is 5.35. The molecule has 0 bridgehead atoms. The molecule has 2 aromatic carbocycles. The molecular formula is C17H21ClN2O. The molecule has 0 fully saturated rings. The Kier molecular flexibility index (Phi) is 5.48. The van der Waals surface area contributed by atoms with Crippen molar-refractivity contribution in [1.82, 2.24) is 5.32 Å². The van der Waals surface area contributed by atoms with Gasteiger partial charge in [0.15, 0.2) is 0 Å². The summed E-state index contributed by atoms with van der Waals surface area (Å²) in [4.78, 5) is 2.16. The van der Waals surface area contributed by atoms with Crippen LogP contribution in [0.1, 0.15) is 11.1 Å². The van der Waals surface area contributed by atoms with Gasteiger partial charge in [-0.05, 0) is 24.7 Å². The van der Waals surface area contributed by atoms with Gasteiger partial charge in [-0.3, -0.25) is 0 Å². The topological polar surface area (TPSA) is 24.5 Å². The van der Waals surface area contributed by atoms with Crippen molar-refractivity contribution in [2.75, 3.05) is 26.1 Å². The third-order valence-electron chi connectivity index (χ3n) is 3.42. The average Bonchev–Trinajstić information content (AvgIpc) is 2.48. The van der Waals surface area contributed by atoms with Crippen LogP contribution < -0.4 is 15.0 Å². The van der Waals surface area contributed by atoms with E-state index in [0.717, 1.165) is 35.1 Å². The van der Waals surface area contributed by atoms with Crippen LogP contribution in [0.15, 0.2) is 42.5 Å². The molecule has 112 valence electrons. The lowest BCUT2D eigenvalue weighted by atomic mass is 10.1. The molecule has 0 aliphatic heterocycles. The first kappa shape index (κ1) is 15.7. The predicted molar refractivity (Wildman–Crippen MR) is 89.3 cm³/mol. The fourth-order valence-corrected chi connectivity index (χ4v) is 2.83. The van der Waals surface area contributed by atoms with Gasteiger partial charge in [0.2, 0.25) is 0 Å². The van der Waals surface area contributed by atoms with Crippen molar-refractivity contribution < 1.29 is 4.74 Å². The number of para-hydroxylation sites is 2. The summed E-state index contributed by atoms with van der Waals surface area (Å²) in [6.45, 7) is 1.52. The lowest BCUT2D eigenvalue weighted by molar-refractivity contribution is 0.409. The van der Waals surface area contributed by atoms with Gasteiger partial charge in [-0.15, -0.1) is 0 Å². The number of nitrogens with zero attached hydrogens (tertiary/aromatic N) is 1. The van der Waals surface area contributed by atoms with Gasteiger partial charge in [0.25, 0.3) is 0 Å². The fraction of sp³-hybridized carbons (Fsp3) is 0.294. The van der Waals surface area contributed by atoms with Crippen LogP contribution in [0.5, 0.6) is 5.75 Å². The third kappa shape index (κ3) is 3.69. The highest BCUT2D eigenvalue weighted by molar-refractivity contribution is 6.33. The zero-order valence-electron chi connectivity index (χ0n) is 12.7. The van der Waals surface area contributed by atoms with E-state index in [4.69, 9.17) is 16.3 Å². The Morgan fingerprint density at radius 3 is 2.52 bits per heavy atom. The first-order valence-electron chi connectivity index (χ1n) is 6.92. The molecule has 2 aromatic rings. The zero-order valence-corrected chi connectivity index (χ0v) is 13.4. The minimum Gasteiger partial charge on any atom is -0.496 e. The molecule has 0 saturated heterocycles. The van der Waals surface area contributed by atoms with Crippen molar-refractivity contribution in [2.24, 2.45) is 0 Å². The number of nitrogens with one attached hydrogen (secondary N) is 1. The molecule has 2 rings (SSSR count). The summed E-state index contributed by atoms with van der Waals surface area (Å²) in [7, 11) is 5.68. The van der Waals surface area contributed by atoms with Gasteiger partial charge in [0.1, 0.15) is 5.75 Å². The number of anilines is 1. The Labute approximate surface area is 131 Å². The van der Waals surface area contributed by atoms with Crippen molar-refractivity contribution in [2.45, 2.75) is 13.1 Å². The zero-order chi connectivity index (χ0) is 15.2. The molecule has 4 heteroatoms. The van der Waals surface area contributed by atoms with Crippen LogP contribution >= 0.6 is 11.6 Å². The molecule has 0 aliphatic rings. The molecule has 0 aliphatic carbocycles. The second kappa shape index (κ2) is 7.34. The van der Waals surface area contributed by atoms with Crippen LogP contribution in [0.2, 0.25) is 5.02 Å². The first-order valence-corrected chi connectivity index (χ1v) is 7.30. The van der Waals surface area contributed by atoms with E-state index in [2.05, 4.69) is 22.3 Å². The molecule has 0 aromatic heterocycles. The van der Waals surface area contributed by atoms with Crippen LogP contribution in [-0.2, 0) is 13.1 Å². The maximum atomic E-state index is 6.40. The minimum absolute atomic E-state index is 0.741. The number of rotatable bonds is 6. The van der Waals surface area contributed by atoms with Gasteiger partial charge >= 0.3 is 0 Å². The van der Waals surface area contributed by atoms with Crippen molar-refractivity contribution in [3.8, 4) is 5.75 Å². The standard InChI is InChI=1S/C17H21ClN2O/c1-19-11-13-8-6-9-15(18)17(13)20(2)12-14-7-4-5-10-16(14)21-3/h4-10,19H,11-12H2,1-3H3. The monoisotopic (exact) mass is 304 g/mol. The normalized spacial score (nSPS) is 10.5. The van der Waals surface area contributed by atoms with Crippen LogP contribution in [0, 0.1) is 0 Å². The molecule has 0 spiro atoms. The molecular weight excluding hydrogens is 284 g/mol. The van der Waals surface area contributed by atoms with E-state index in [-0.39, 0.29) is 0 Å². The third-order valence-corrected chi connectivity index (χ3v) is 3.72. The Bertz CT molecular complexity index is 601. The highest BCUT2D eigenvalue weighted by atomic mass is 35.5. The summed E-state index contributed by atoms with van der Waals surface area (Å²) in [6.07, 6.45) is 0. The highest BCUT2D eigenvalue weighted by Gasteiger charge is 2.13. The van der Waals surface area contributed by atoms with Gasteiger partial charge in [0.05, 0.1) is 17.8 Å². The SMILES string of the molecule is CNCc1cccc(Cl)c1N(C)Cc1ccccc1OC. The Morgan fingerprint density at radius 2 is 1.81 bits per heavy atom. The average molecular weight is 305 g/mol. The Morgan fingerprint density at radius 1 is 1.10 bits per heavy atom. The highest BCUT2D eigenvalue weighted by Crippen LogP contribution is 2.31. The van der Waals surface area contributed by atoms with E-state index in [1.807, 2.05) is 44.4 Å². The number of halogens is 1. The second-order valence-electron chi connectivity index (χ2n) is 4.95. The summed E-state index contributed by atoms with van der Waals surface area (Å²) in [6, 6.07) is 14.0. The number of hydrogen-bond donors (Lipinski definition) is 1. The van der Waals surface area contributed by atoms with Crippen LogP contribution in [0.25, 0.3) is 0 Å². The van der Waals surface area contributed by atoms with Crippen molar-refractivity contribution in [3.05, 3.63) is 58.6 Å². The Balaban J connectivity index is 2.30. The number of ether oxygens (including phenoxy) is 1. The van der Waals surface area contributed by atoms with Crippen molar-refractivity contribution >= 4 is 17.3 Å². The summed E-state index contributed by atoms with van der Waals surface area (Å²) in [5.74, 6) is 0.895. The molecule has 0 saturated carbocycles. The van der Waals surface area contributed by atoms with Gasteiger partial charge in [-0.1, -0.05) is 41.9 Å². The molecule has 21 heavy (non-hydrogen) atoms. The fourth-order valence-electron chi connectivity index (χ4n) is 2.49. The molecule has 0 unspecified atom stereocenters. The smallest absolute Gasteiger partial charge is 0.123 e. The van der Waals surface area contributed by atoms with Crippen LogP contribution in [-0.4, -0.2) is 21.2 Å². The summed E-state index contributed by atoms with van der Waals surface area (Å²) in [5.41, 5.74) is 3.37. The lowest BCUT2D eigenvalue weighted by Gasteiger charge is -2.24. The van der Waals surface area contributed by atoms with Crippen LogP contribution in [0.4, 0.5) is 5.69 Å². The maximum Gasteiger partial charge on any atom is 0.123 e. The van der Waals surface area contributed by atoms with Gasteiger partial charge in [-0.25, -0.2) is 0 Å². The van der Waals surface area contributed by atoms with E-state index in [1.165, 1.54) is 5.56 Å². The van der Waals surface area contributed by atoms with Gasteiger partial charge in [0, 0.05) is 25.7 Å². The summed E-state index contributed by atoms with van der Waals surface area (Å²) >= 11 is 6.40. The van der Waals surface area contributed by atoms with E-state index in [0.29, 0.717) is 0 Å². The first-order chi connectivity index (χ1) is 10.2. The summed E-state index contributed by atoms with van der Waals surface area (Å²) in [5, 5.41) is 3.95. The maximum absolute atomic E-state index is 6.40. The quantitative estimate of drug-likeness (QED) is 0.880. The molecule has 0 amide bonds. The lowest BCUT2D eigenvalue weighted by Crippen LogP contribution is -2.20. The van der Waals surface area contributed by atoms with E-state index in [1.54, 1.807) is 7.11 Å². The van der Waals surface area contributed by atoms with Crippen molar-refractivity contribution in [3.63, 3.8) is 0 Å². The van der Waals surface area contributed by atoms with Gasteiger partial charge in [-0.2, -0.15) is 0 Å². The van der Waals surface area contributed by atoms with Crippen molar-refractivity contribution in [1.29, 1.82) is 0 Å². The number of hydrogen-bond acceptors (Lipinski definition) is 3.